The standard InChI is InChI=1S/C13H13N5O/c1-17-12(14)8-10(16-17)9-4-2-3-5-11(9)18-7-6-15-13(18)19/h2-8H,14H2,1H3,(H,15,19). The number of H-pyrrole nitrogens is 1. The van der Waals surface area contributed by atoms with Gasteiger partial charge < -0.3 is 10.7 Å². The smallest absolute Gasteiger partial charge is 0.330 e. The summed E-state index contributed by atoms with van der Waals surface area (Å²) in [6.07, 6.45) is 3.29. The van der Waals surface area contributed by atoms with Crippen molar-refractivity contribution in [1.29, 1.82) is 0 Å². The van der Waals surface area contributed by atoms with Crippen molar-refractivity contribution in [1.82, 2.24) is 19.3 Å². The molecule has 96 valence electrons. The number of imidazole rings is 1. The van der Waals surface area contributed by atoms with E-state index in [4.69, 9.17) is 5.73 Å². The third-order valence-electron chi connectivity index (χ3n) is 3.00. The van der Waals surface area contributed by atoms with Gasteiger partial charge in [-0.2, -0.15) is 5.10 Å². The van der Waals surface area contributed by atoms with Crippen LogP contribution in [0.3, 0.4) is 0 Å². The molecule has 19 heavy (non-hydrogen) atoms. The first-order chi connectivity index (χ1) is 9.16. The second-order valence-corrected chi connectivity index (χ2v) is 4.23. The summed E-state index contributed by atoms with van der Waals surface area (Å²) in [7, 11) is 1.78. The zero-order valence-electron chi connectivity index (χ0n) is 10.4. The van der Waals surface area contributed by atoms with Gasteiger partial charge in [-0.05, 0) is 6.07 Å². The fourth-order valence-corrected chi connectivity index (χ4v) is 2.02. The summed E-state index contributed by atoms with van der Waals surface area (Å²) < 4.78 is 3.15. The van der Waals surface area contributed by atoms with Crippen LogP contribution in [0.1, 0.15) is 0 Å². The molecule has 0 saturated carbocycles. The molecule has 6 nitrogen and oxygen atoms in total. The summed E-state index contributed by atoms with van der Waals surface area (Å²) in [6.45, 7) is 0. The molecular formula is C13H13N5O. The lowest BCUT2D eigenvalue weighted by Gasteiger charge is -2.06. The number of para-hydroxylation sites is 1. The monoisotopic (exact) mass is 255 g/mol. The van der Waals surface area contributed by atoms with Crippen LogP contribution < -0.4 is 11.4 Å². The summed E-state index contributed by atoms with van der Waals surface area (Å²) in [5, 5.41) is 4.35. The molecule has 0 aliphatic rings. The predicted molar refractivity (Wildman–Crippen MR) is 73.0 cm³/mol. The summed E-state index contributed by atoms with van der Waals surface area (Å²) in [6, 6.07) is 9.36. The van der Waals surface area contributed by atoms with E-state index in [1.54, 1.807) is 34.8 Å². The van der Waals surface area contributed by atoms with Gasteiger partial charge in [0.05, 0.1) is 11.4 Å². The van der Waals surface area contributed by atoms with Gasteiger partial charge in [0.25, 0.3) is 0 Å². The lowest BCUT2D eigenvalue weighted by molar-refractivity contribution is 0.782. The fraction of sp³-hybridized carbons (Fsp3) is 0.0769. The number of nitrogens with two attached hydrogens (primary N) is 1. The van der Waals surface area contributed by atoms with Crippen LogP contribution in [0.15, 0.2) is 47.5 Å². The minimum Gasteiger partial charge on any atom is -0.384 e. The molecule has 1 aromatic carbocycles. The summed E-state index contributed by atoms with van der Waals surface area (Å²) in [5.74, 6) is 0.575. The van der Waals surface area contributed by atoms with Crippen LogP contribution in [-0.2, 0) is 7.05 Å². The van der Waals surface area contributed by atoms with Crippen LogP contribution in [0.2, 0.25) is 0 Å². The van der Waals surface area contributed by atoms with E-state index in [2.05, 4.69) is 10.1 Å². The summed E-state index contributed by atoms with van der Waals surface area (Å²) in [4.78, 5) is 14.4. The van der Waals surface area contributed by atoms with Gasteiger partial charge in [0.15, 0.2) is 0 Å². The predicted octanol–water partition coefficient (Wildman–Crippen LogP) is 1.15. The molecule has 0 radical (unpaired) electrons. The molecule has 2 aromatic heterocycles. The molecule has 0 saturated heterocycles. The fourth-order valence-electron chi connectivity index (χ4n) is 2.02. The average Bonchev–Trinajstić information content (AvgIpc) is 2.97. The second kappa shape index (κ2) is 4.16. The molecule has 3 aromatic rings. The highest BCUT2D eigenvalue weighted by atomic mass is 16.1. The van der Waals surface area contributed by atoms with Crippen molar-refractivity contribution in [3.63, 3.8) is 0 Å². The first-order valence-electron chi connectivity index (χ1n) is 5.82. The van der Waals surface area contributed by atoms with Crippen molar-refractivity contribution >= 4 is 5.82 Å². The maximum absolute atomic E-state index is 11.7. The van der Waals surface area contributed by atoms with Crippen molar-refractivity contribution in [3.05, 3.63) is 53.2 Å². The van der Waals surface area contributed by atoms with Gasteiger partial charge in [0, 0.05) is 31.1 Å². The highest BCUT2D eigenvalue weighted by Crippen LogP contribution is 2.25. The van der Waals surface area contributed by atoms with Gasteiger partial charge in [-0.3, -0.25) is 9.25 Å². The highest BCUT2D eigenvalue weighted by Gasteiger charge is 2.11. The molecule has 0 spiro atoms. The average molecular weight is 255 g/mol. The molecular weight excluding hydrogens is 242 g/mol. The van der Waals surface area contributed by atoms with Gasteiger partial charge in [0.2, 0.25) is 0 Å². The number of aromatic nitrogens is 4. The Labute approximate surface area is 109 Å². The van der Waals surface area contributed by atoms with E-state index >= 15 is 0 Å². The number of nitrogens with one attached hydrogen (secondary N) is 1. The molecule has 0 amide bonds. The van der Waals surface area contributed by atoms with Crippen LogP contribution in [0.5, 0.6) is 0 Å². The van der Waals surface area contributed by atoms with E-state index in [9.17, 15) is 4.79 Å². The Kier molecular flexibility index (Phi) is 2.49. The summed E-state index contributed by atoms with van der Waals surface area (Å²) in [5.41, 5.74) is 7.99. The van der Waals surface area contributed by atoms with Crippen LogP contribution >= 0.6 is 0 Å². The first-order valence-corrected chi connectivity index (χ1v) is 5.82. The van der Waals surface area contributed by atoms with Crippen LogP contribution in [0.25, 0.3) is 16.9 Å². The molecule has 0 fully saturated rings. The van der Waals surface area contributed by atoms with Gasteiger partial charge in [-0.1, -0.05) is 18.2 Å². The number of aryl methyl sites for hydroxylation is 1. The van der Waals surface area contributed by atoms with E-state index in [0.717, 1.165) is 16.9 Å². The molecule has 0 bridgehead atoms. The third kappa shape index (κ3) is 1.83. The number of benzene rings is 1. The molecule has 0 aliphatic carbocycles. The molecule has 3 N–H and O–H groups in total. The number of aromatic amines is 1. The Morgan fingerprint density at radius 3 is 2.74 bits per heavy atom. The van der Waals surface area contributed by atoms with Crippen molar-refractivity contribution in [2.75, 3.05) is 5.73 Å². The zero-order valence-corrected chi connectivity index (χ0v) is 10.4. The number of nitrogen functional groups attached to an aromatic ring is 1. The van der Waals surface area contributed by atoms with E-state index in [0.29, 0.717) is 5.82 Å². The molecule has 6 heteroatoms. The maximum Gasteiger partial charge on any atom is 0.330 e. The summed E-state index contributed by atoms with van der Waals surface area (Å²) >= 11 is 0. The van der Waals surface area contributed by atoms with Crippen molar-refractivity contribution in [2.45, 2.75) is 0 Å². The van der Waals surface area contributed by atoms with Crippen molar-refractivity contribution in [3.8, 4) is 16.9 Å². The van der Waals surface area contributed by atoms with Crippen LogP contribution in [0, 0.1) is 0 Å². The minimum absolute atomic E-state index is 0.184. The lowest BCUT2D eigenvalue weighted by atomic mass is 10.1. The van der Waals surface area contributed by atoms with Gasteiger partial charge in [0.1, 0.15) is 5.82 Å². The van der Waals surface area contributed by atoms with Gasteiger partial charge in [-0.15, -0.1) is 0 Å². The minimum atomic E-state index is -0.184. The third-order valence-corrected chi connectivity index (χ3v) is 3.00. The Hall–Kier alpha value is -2.76. The molecule has 0 unspecified atom stereocenters. The van der Waals surface area contributed by atoms with E-state index in [-0.39, 0.29) is 5.69 Å². The second-order valence-electron chi connectivity index (χ2n) is 4.23. The molecule has 3 rings (SSSR count). The van der Waals surface area contributed by atoms with Crippen LogP contribution in [-0.4, -0.2) is 19.3 Å². The Morgan fingerprint density at radius 2 is 2.11 bits per heavy atom. The molecule has 0 aliphatic heterocycles. The SMILES string of the molecule is Cn1nc(-c2ccccc2-n2cc[nH]c2=O)cc1N. The quantitative estimate of drug-likeness (QED) is 0.720. The zero-order chi connectivity index (χ0) is 13.4. The van der Waals surface area contributed by atoms with E-state index < -0.39 is 0 Å². The maximum atomic E-state index is 11.7. The highest BCUT2D eigenvalue weighted by molar-refractivity contribution is 5.71. The van der Waals surface area contributed by atoms with Crippen LogP contribution in [0.4, 0.5) is 5.82 Å². The number of anilines is 1. The lowest BCUT2D eigenvalue weighted by Crippen LogP contribution is -2.14. The molecule has 0 atom stereocenters. The van der Waals surface area contributed by atoms with Gasteiger partial charge in [-0.25, -0.2) is 4.79 Å². The number of hydrogen-bond acceptors (Lipinski definition) is 3. The number of hydrogen-bond donors (Lipinski definition) is 2. The normalized spacial score (nSPS) is 10.8. The Morgan fingerprint density at radius 1 is 1.32 bits per heavy atom. The van der Waals surface area contributed by atoms with Crippen molar-refractivity contribution in [2.24, 2.45) is 7.05 Å². The Bertz CT molecular complexity index is 761. The first kappa shape index (κ1) is 11.3. The van der Waals surface area contributed by atoms with E-state index in [1.165, 1.54) is 0 Å². The molecule has 2 heterocycles. The number of rotatable bonds is 2. The largest absolute Gasteiger partial charge is 0.384 e. The topological polar surface area (TPSA) is 81.6 Å². The van der Waals surface area contributed by atoms with Crippen molar-refractivity contribution < 1.29 is 0 Å². The Balaban J connectivity index is 2.23. The number of nitrogens with zero attached hydrogens (tertiary/aromatic N) is 3. The van der Waals surface area contributed by atoms with E-state index in [1.807, 2.05) is 24.3 Å². The van der Waals surface area contributed by atoms with Gasteiger partial charge >= 0.3 is 5.69 Å².